The van der Waals surface area contributed by atoms with E-state index in [1.165, 1.54) is 0 Å². The monoisotopic (exact) mass is 366 g/mol. The van der Waals surface area contributed by atoms with E-state index < -0.39 is 6.10 Å². The van der Waals surface area contributed by atoms with E-state index in [-0.39, 0.29) is 12.2 Å². The largest absolute Gasteiger partial charge is 0.389 e. The predicted octanol–water partition coefficient (Wildman–Crippen LogP) is 2.81. The quantitative estimate of drug-likeness (QED) is 0.573. The van der Waals surface area contributed by atoms with Gasteiger partial charge in [-0.2, -0.15) is 0 Å². The number of aromatic amines is 1. The minimum absolute atomic E-state index is 0.0986. The molecule has 3 aromatic rings. The van der Waals surface area contributed by atoms with Gasteiger partial charge >= 0.3 is 0 Å². The van der Waals surface area contributed by atoms with Gasteiger partial charge in [-0.1, -0.05) is 42.5 Å². The van der Waals surface area contributed by atoms with E-state index in [2.05, 4.69) is 16.4 Å². The average Bonchev–Trinajstić information content (AvgIpc) is 2.66. The van der Waals surface area contributed by atoms with Crippen molar-refractivity contribution in [1.29, 1.82) is 0 Å². The lowest BCUT2D eigenvalue weighted by Gasteiger charge is -2.13. The van der Waals surface area contributed by atoms with E-state index in [1.54, 1.807) is 0 Å². The topological polar surface area (TPSA) is 74.4 Å². The normalized spacial score (nSPS) is 12.4. The van der Waals surface area contributed by atoms with Crippen molar-refractivity contribution in [3.05, 3.63) is 81.1 Å². The molecule has 1 atom stereocenters. The molecule has 0 saturated carbocycles. The van der Waals surface area contributed by atoms with Crippen LogP contribution in [0.2, 0.25) is 0 Å². The van der Waals surface area contributed by atoms with Crippen molar-refractivity contribution in [3.8, 4) is 0 Å². The van der Waals surface area contributed by atoms with Gasteiger partial charge in [0.1, 0.15) is 0 Å². The van der Waals surface area contributed by atoms with Crippen LogP contribution in [0, 0.1) is 13.8 Å². The van der Waals surface area contributed by atoms with Gasteiger partial charge in [0.25, 0.3) is 5.56 Å². The summed E-state index contributed by atoms with van der Waals surface area (Å²) in [7, 11) is 0. The van der Waals surface area contributed by atoms with Gasteiger partial charge in [0, 0.05) is 24.0 Å². The fourth-order valence-corrected chi connectivity index (χ4v) is 3.07. The molecule has 0 saturated heterocycles. The van der Waals surface area contributed by atoms with Gasteiger partial charge in [0.2, 0.25) is 0 Å². The van der Waals surface area contributed by atoms with E-state index in [0.717, 1.165) is 27.6 Å². The Morgan fingerprint density at radius 1 is 1.11 bits per heavy atom. The van der Waals surface area contributed by atoms with Crippen molar-refractivity contribution in [1.82, 2.24) is 10.3 Å². The molecule has 0 spiro atoms. The van der Waals surface area contributed by atoms with Crippen LogP contribution in [-0.4, -0.2) is 29.3 Å². The zero-order chi connectivity index (χ0) is 19.2. The summed E-state index contributed by atoms with van der Waals surface area (Å²) in [6, 6.07) is 15.8. The third-order valence-corrected chi connectivity index (χ3v) is 4.64. The number of aromatic nitrogens is 1. The predicted molar refractivity (Wildman–Crippen MR) is 108 cm³/mol. The van der Waals surface area contributed by atoms with E-state index in [1.807, 2.05) is 56.3 Å². The summed E-state index contributed by atoms with van der Waals surface area (Å²) in [4.78, 5) is 15.3. The summed E-state index contributed by atoms with van der Waals surface area (Å²) >= 11 is 0. The van der Waals surface area contributed by atoms with Crippen LogP contribution in [0.1, 0.15) is 22.3 Å². The van der Waals surface area contributed by atoms with Crippen LogP contribution in [0.3, 0.4) is 0 Å². The van der Waals surface area contributed by atoms with Gasteiger partial charge in [-0.25, -0.2) is 0 Å². The number of aliphatic hydroxyl groups excluding tert-OH is 1. The van der Waals surface area contributed by atoms with Crippen LogP contribution < -0.4 is 10.9 Å². The van der Waals surface area contributed by atoms with Crippen LogP contribution in [0.4, 0.5) is 0 Å². The molecule has 1 heterocycles. The number of aliphatic hydroxyl groups is 1. The second-order valence-corrected chi connectivity index (χ2v) is 6.90. The van der Waals surface area contributed by atoms with Crippen LogP contribution in [0.5, 0.6) is 0 Å². The maximum atomic E-state index is 12.3. The number of rotatable bonds is 8. The highest BCUT2D eigenvalue weighted by atomic mass is 16.5. The maximum absolute atomic E-state index is 12.3. The first-order valence-electron chi connectivity index (χ1n) is 9.17. The van der Waals surface area contributed by atoms with Crippen molar-refractivity contribution >= 4 is 10.9 Å². The lowest BCUT2D eigenvalue weighted by Crippen LogP contribution is -2.31. The van der Waals surface area contributed by atoms with Gasteiger partial charge in [-0.3, -0.25) is 4.79 Å². The van der Waals surface area contributed by atoms with Gasteiger partial charge in [-0.05, 0) is 36.6 Å². The van der Waals surface area contributed by atoms with Crippen LogP contribution in [0.15, 0.2) is 53.3 Å². The van der Waals surface area contributed by atoms with Crippen molar-refractivity contribution in [2.24, 2.45) is 0 Å². The molecular formula is C22H26N2O3. The SMILES string of the molecule is Cc1ccc(C)c2[nH]c(=O)c(CNC[C@H](O)COCc3ccccc3)cc12. The molecule has 3 N–H and O–H groups in total. The zero-order valence-electron chi connectivity index (χ0n) is 15.8. The maximum Gasteiger partial charge on any atom is 0.252 e. The highest BCUT2D eigenvalue weighted by Crippen LogP contribution is 2.19. The third-order valence-electron chi connectivity index (χ3n) is 4.64. The van der Waals surface area contributed by atoms with E-state index >= 15 is 0 Å². The second-order valence-electron chi connectivity index (χ2n) is 6.90. The molecule has 1 aromatic heterocycles. The molecule has 0 aliphatic heterocycles. The first-order chi connectivity index (χ1) is 13.0. The molecule has 0 bridgehead atoms. The smallest absolute Gasteiger partial charge is 0.252 e. The Bertz CT molecular complexity index is 951. The molecule has 0 amide bonds. The minimum atomic E-state index is -0.628. The molecule has 0 fully saturated rings. The van der Waals surface area contributed by atoms with Crippen molar-refractivity contribution in [2.45, 2.75) is 33.1 Å². The third kappa shape index (κ3) is 5.04. The fourth-order valence-electron chi connectivity index (χ4n) is 3.07. The van der Waals surface area contributed by atoms with Crippen LogP contribution in [0.25, 0.3) is 10.9 Å². The second kappa shape index (κ2) is 8.95. The van der Waals surface area contributed by atoms with Gasteiger partial charge < -0.3 is 20.1 Å². The first kappa shape index (κ1) is 19.3. The van der Waals surface area contributed by atoms with E-state index in [4.69, 9.17) is 4.74 Å². The number of pyridine rings is 1. The first-order valence-corrected chi connectivity index (χ1v) is 9.17. The highest BCUT2D eigenvalue weighted by molar-refractivity contribution is 5.85. The van der Waals surface area contributed by atoms with Crippen molar-refractivity contribution in [3.63, 3.8) is 0 Å². The summed E-state index contributed by atoms with van der Waals surface area (Å²) in [5.41, 5.74) is 4.71. The molecule has 0 radical (unpaired) electrons. The Hall–Kier alpha value is -2.47. The Balaban J connectivity index is 1.52. The number of hydrogen-bond donors (Lipinski definition) is 3. The number of hydrogen-bond acceptors (Lipinski definition) is 4. The van der Waals surface area contributed by atoms with Crippen molar-refractivity contribution < 1.29 is 9.84 Å². The molecule has 5 nitrogen and oxygen atoms in total. The molecule has 5 heteroatoms. The Morgan fingerprint density at radius 3 is 2.63 bits per heavy atom. The minimum Gasteiger partial charge on any atom is -0.389 e. The number of aryl methyl sites for hydroxylation is 2. The average molecular weight is 366 g/mol. The molecule has 2 aromatic carbocycles. The number of fused-ring (bicyclic) bond motifs is 1. The van der Waals surface area contributed by atoms with Gasteiger partial charge in [0.15, 0.2) is 0 Å². The van der Waals surface area contributed by atoms with E-state index in [0.29, 0.717) is 25.3 Å². The highest BCUT2D eigenvalue weighted by Gasteiger charge is 2.09. The lowest BCUT2D eigenvalue weighted by molar-refractivity contribution is 0.0287. The standard InChI is InChI=1S/C22H26N2O3/c1-15-8-9-16(2)21-20(15)10-18(22(26)24-21)11-23-12-19(25)14-27-13-17-6-4-3-5-7-17/h3-10,19,23,25H,11-14H2,1-2H3,(H,24,26)/t19-/m0/s1. The number of ether oxygens (including phenoxy) is 1. The molecule has 0 aliphatic rings. The zero-order valence-corrected chi connectivity index (χ0v) is 15.8. The molecule has 142 valence electrons. The summed E-state index contributed by atoms with van der Waals surface area (Å²) in [6.45, 7) is 5.50. The molecule has 0 unspecified atom stereocenters. The van der Waals surface area contributed by atoms with Crippen molar-refractivity contribution in [2.75, 3.05) is 13.2 Å². The molecule has 3 rings (SSSR count). The molecule has 0 aliphatic carbocycles. The fraction of sp³-hybridized carbons (Fsp3) is 0.318. The summed E-state index contributed by atoms with van der Waals surface area (Å²) in [5.74, 6) is 0. The Morgan fingerprint density at radius 2 is 1.85 bits per heavy atom. The number of benzene rings is 2. The van der Waals surface area contributed by atoms with Crippen LogP contribution >= 0.6 is 0 Å². The molecule has 27 heavy (non-hydrogen) atoms. The Labute approximate surface area is 159 Å². The summed E-state index contributed by atoms with van der Waals surface area (Å²) in [6.07, 6.45) is -0.628. The van der Waals surface area contributed by atoms with Gasteiger partial charge in [-0.15, -0.1) is 0 Å². The van der Waals surface area contributed by atoms with Gasteiger partial charge in [0.05, 0.1) is 24.8 Å². The van der Waals surface area contributed by atoms with Crippen LogP contribution in [-0.2, 0) is 17.9 Å². The Kier molecular flexibility index (Phi) is 6.40. The summed E-state index contributed by atoms with van der Waals surface area (Å²) < 4.78 is 5.54. The number of nitrogens with one attached hydrogen (secondary N) is 2. The molecular weight excluding hydrogens is 340 g/mol. The van der Waals surface area contributed by atoms with E-state index in [9.17, 15) is 9.90 Å². The lowest BCUT2D eigenvalue weighted by atomic mass is 10.0. The summed E-state index contributed by atoms with van der Waals surface area (Å²) in [5, 5.41) is 14.2. The number of H-pyrrole nitrogens is 1.